The molecule has 2 heteroatoms. The SMILES string of the molecule is C#CC(C)(CO)NCC. The van der Waals surface area contributed by atoms with E-state index >= 15 is 0 Å². The molecule has 0 bridgehead atoms. The number of terminal acetylenes is 1. The van der Waals surface area contributed by atoms with Gasteiger partial charge in [-0.3, -0.25) is 5.32 Å². The average molecular weight is 127 g/mol. The number of rotatable bonds is 3. The maximum absolute atomic E-state index is 8.71. The lowest BCUT2D eigenvalue weighted by Crippen LogP contribution is -2.44. The number of hydrogen-bond donors (Lipinski definition) is 2. The fraction of sp³-hybridized carbons (Fsp3) is 0.714. The van der Waals surface area contributed by atoms with Gasteiger partial charge in [0.15, 0.2) is 0 Å². The van der Waals surface area contributed by atoms with Crippen LogP contribution in [0, 0.1) is 12.3 Å². The molecule has 0 aliphatic carbocycles. The highest BCUT2D eigenvalue weighted by molar-refractivity contribution is 5.09. The monoisotopic (exact) mass is 127 g/mol. The molecule has 0 radical (unpaired) electrons. The van der Waals surface area contributed by atoms with Gasteiger partial charge >= 0.3 is 0 Å². The fourth-order valence-corrected chi connectivity index (χ4v) is 0.543. The van der Waals surface area contributed by atoms with Crippen LogP contribution in [0.15, 0.2) is 0 Å². The summed E-state index contributed by atoms with van der Waals surface area (Å²) in [4.78, 5) is 0. The molecule has 0 aromatic heterocycles. The van der Waals surface area contributed by atoms with E-state index in [9.17, 15) is 0 Å². The summed E-state index contributed by atoms with van der Waals surface area (Å²) in [5.74, 6) is 2.47. The summed E-state index contributed by atoms with van der Waals surface area (Å²) in [7, 11) is 0. The Kier molecular flexibility index (Phi) is 3.29. The molecule has 0 aromatic carbocycles. The molecule has 2 N–H and O–H groups in total. The van der Waals surface area contributed by atoms with Crippen LogP contribution in [-0.4, -0.2) is 23.8 Å². The summed E-state index contributed by atoms with van der Waals surface area (Å²) in [6.45, 7) is 4.50. The standard InChI is InChI=1S/C7H13NO/c1-4-7(3,6-9)8-5-2/h1,8-9H,5-6H2,2-3H3. The second-order valence-corrected chi connectivity index (χ2v) is 2.16. The van der Waals surface area contributed by atoms with Crippen molar-refractivity contribution in [1.29, 1.82) is 0 Å². The van der Waals surface area contributed by atoms with Crippen molar-refractivity contribution in [3.63, 3.8) is 0 Å². The number of hydrogen-bond acceptors (Lipinski definition) is 2. The normalized spacial score (nSPS) is 16.2. The molecule has 1 atom stereocenters. The molecule has 0 fully saturated rings. The summed E-state index contributed by atoms with van der Waals surface area (Å²) in [6, 6.07) is 0. The van der Waals surface area contributed by atoms with Crippen molar-refractivity contribution >= 4 is 0 Å². The average Bonchev–Trinajstić information content (AvgIpc) is 1.89. The van der Waals surface area contributed by atoms with Gasteiger partial charge in [0.2, 0.25) is 0 Å². The van der Waals surface area contributed by atoms with Crippen LogP contribution in [0.3, 0.4) is 0 Å². The van der Waals surface area contributed by atoms with Crippen molar-refractivity contribution in [2.45, 2.75) is 19.4 Å². The molecule has 0 aromatic rings. The van der Waals surface area contributed by atoms with Crippen molar-refractivity contribution < 1.29 is 5.11 Å². The number of aliphatic hydroxyl groups excluding tert-OH is 1. The van der Waals surface area contributed by atoms with Gasteiger partial charge in [0.1, 0.15) is 5.54 Å². The predicted molar refractivity (Wildman–Crippen MR) is 38.0 cm³/mol. The van der Waals surface area contributed by atoms with Crippen molar-refractivity contribution in [2.75, 3.05) is 13.2 Å². The minimum atomic E-state index is -0.533. The molecule has 2 nitrogen and oxygen atoms in total. The zero-order valence-corrected chi connectivity index (χ0v) is 5.94. The van der Waals surface area contributed by atoms with Crippen LogP contribution in [0.25, 0.3) is 0 Å². The summed E-state index contributed by atoms with van der Waals surface area (Å²) < 4.78 is 0. The first-order chi connectivity index (χ1) is 4.18. The van der Waals surface area contributed by atoms with Crippen molar-refractivity contribution in [3.05, 3.63) is 0 Å². The van der Waals surface area contributed by atoms with E-state index in [1.807, 2.05) is 6.92 Å². The lowest BCUT2D eigenvalue weighted by atomic mass is 10.1. The Labute approximate surface area is 56.3 Å². The van der Waals surface area contributed by atoms with E-state index in [-0.39, 0.29) is 6.61 Å². The van der Waals surface area contributed by atoms with Gasteiger partial charge in [-0.15, -0.1) is 6.42 Å². The third-order valence-corrected chi connectivity index (χ3v) is 1.20. The second kappa shape index (κ2) is 3.49. The first-order valence-electron chi connectivity index (χ1n) is 3.02. The Hall–Kier alpha value is -0.520. The van der Waals surface area contributed by atoms with Gasteiger partial charge in [-0.1, -0.05) is 12.8 Å². The predicted octanol–water partition coefficient (Wildman–Crippen LogP) is -0.0199. The van der Waals surface area contributed by atoms with E-state index in [4.69, 9.17) is 11.5 Å². The van der Waals surface area contributed by atoms with Gasteiger partial charge in [0.05, 0.1) is 6.61 Å². The third-order valence-electron chi connectivity index (χ3n) is 1.20. The molecule has 0 spiro atoms. The smallest absolute Gasteiger partial charge is 0.100 e. The van der Waals surface area contributed by atoms with E-state index < -0.39 is 5.54 Å². The molecule has 0 saturated heterocycles. The summed E-state index contributed by atoms with van der Waals surface area (Å²) in [6.07, 6.45) is 5.13. The van der Waals surface area contributed by atoms with Gasteiger partial charge in [0, 0.05) is 0 Å². The highest BCUT2D eigenvalue weighted by atomic mass is 16.3. The molecule has 1 unspecified atom stereocenters. The quantitative estimate of drug-likeness (QED) is 0.522. The van der Waals surface area contributed by atoms with Gasteiger partial charge in [-0.25, -0.2) is 0 Å². The maximum atomic E-state index is 8.71. The Morgan fingerprint density at radius 3 is 2.44 bits per heavy atom. The van der Waals surface area contributed by atoms with Crippen LogP contribution >= 0.6 is 0 Å². The topological polar surface area (TPSA) is 32.3 Å². The Morgan fingerprint density at radius 1 is 1.78 bits per heavy atom. The van der Waals surface area contributed by atoms with Gasteiger partial charge in [-0.05, 0) is 13.5 Å². The van der Waals surface area contributed by atoms with Crippen molar-refractivity contribution in [2.24, 2.45) is 0 Å². The lowest BCUT2D eigenvalue weighted by molar-refractivity contribution is 0.217. The molecule has 0 amide bonds. The largest absolute Gasteiger partial charge is 0.393 e. The minimum absolute atomic E-state index is 0.0165. The van der Waals surface area contributed by atoms with Crippen molar-refractivity contribution in [3.8, 4) is 12.3 Å². The van der Waals surface area contributed by atoms with Crippen LogP contribution < -0.4 is 5.32 Å². The Morgan fingerprint density at radius 2 is 2.33 bits per heavy atom. The molecule has 52 valence electrons. The molecule has 0 aliphatic rings. The molecule has 0 rings (SSSR count). The number of aliphatic hydroxyl groups is 1. The zero-order chi connectivity index (χ0) is 7.33. The van der Waals surface area contributed by atoms with Crippen LogP contribution in [0.1, 0.15) is 13.8 Å². The zero-order valence-electron chi connectivity index (χ0n) is 5.94. The summed E-state index contributed by atoms with van der Waals surface area (Å²) in [5, 5.41) is 11.7. The first-order valence-corrected chi connectivity index (χ1v) is 3.02. The highest BCUT2D eigenvalue weighted by Crippen LogP contribution is 1.97. The first kappa shape index (κ1) is 8.48. The second-order valence-electron chi connectivity index (χ2n) is 2.16. The van der Waals surface area contributed by atoms with E-state index in [1.54, 1.807) is 6.92 Å². The van der Waals surface area contributed by atoms with Crippen LogP contribution in [0.5, 0.6) is 0 Å². The minimum Gasteiger partial charge on any atom is -0.393 e. The Bertz CT molecular complexity index is 117. The molecular weight excluding hydrogens is 114 g/mol. The van der Waals surface area contributed by atoms with E-state index in [2.05, 4.69) is 11.2 Å². The molecule has 0 saturated carbocycles. The van der Waals surface area contributed by atoms with Gasteiger partial charge in [0.25, 0.3) is 0 Å². The summed E-state index contributed by atoms with van der Waals surface area (Å²) >= 11 is 0. The van der Waals surface area contributed by atoms with Crippen LogP contribution in [-0.2, 0) is 0 Å². The van der Waals surface area contributed by atoms with Crippen molar-refractivity contribution in [1.82, 2.24) is 5.32 Å². The van der Waals surface area contributed by atoms with Gasteiger partial charge < -0.3 is 5.11 Å². The third kappa shape index (κ3) is 2.50. The fourth-order valence-electron chi connectivity index (χ4n) is 0.543. The van der Waals surface area contributed by atoms with E-state index in [0.29, 0.717) is 0 Å². The van der Waals surface area contributed by atoms with Crippen LogP contribution in [0.2, 0.25) is 0 Å². The number of likely N-dealkylation sites (N-methyl/N-ethyl adjacent to an activating group) is 1. The molecule has 0 heterocycles. The van der Waals surface area contributed by atoms with Gasteiger partial charge in [-0.2, -0.15) is 0 Å². The Balaban J connectivity index is 3.81. The lowest BCUT2D eigenvalue weighted by Gasteiger charge is -2.20. The molecule has 9 heavy (non-hydrogen) atoms. The maximum Gasteiger partial charge on any atom is 0.100 e. The van der Waals surface area contributed by atoms with E-state index in [0.717, 1.165) is 6.54 Å². The highest BCUT2D eigenvalue weighted by Gasteiger charge is 2.16. The summed E-state index contributed by atoms with van der Waals surface area (Å²) in [5.41, 5.74) is -0.533. The molecular formula is C7H13NO. The number of nitrogens with one attached hydrogen (secondary N) is 1. The van der Waals surface area contributed by atoms with E-state index in [1.165, 1.54) is 0 Å². The van der Waals surface area contributed by atoms with Crippen LogP contribution in [0.4, 0.5) is 0 Å². The molecule has 0 aliphatic heterocycles.